The Labute approximate surface area is 845 Å². The van der Waals surface area contributed by atoms with Gasteiger partial charge in [0.25, 0.3) is 0 Å². The van der Waals surface area contributed by atoms with Crippen molar-refractivity contribution in [3.05, 3.63) is 467 Å². The van der Waals surface area contributed by atoms with E-state index in [1.54, 1.807) is 22.7 Å². The van der Waals surface area contributed by atoms with E-state index in [1.807, 2.05) is 72.8 Å². The van der Waals surface area contributed by atoms with E-state index in [1.165, 1.54) is 89.7 Å². The van der Waals surface area contributed by atoms with Crippen LogP contribution < -0.4 is 0 Å². The third-order valence-electron chi connectivity index (χ3n) is 28.9. The van der Waals surface area contributed by atoms with Crippen LogP contribution in [0.5, 0.6) is 0 Å². The zero-order chi connectivity index (χ0) is 96.4. The molecule has 0 aliphatic rings. The topological polar surface area (TPSA) is 145 Å². The number of thiophene rings is 2. The number of furan rings is 4. The summed E-state index contributed by atoms with van der Waals surface area (Å²) in [6, 6.07) is 164. The molecule has 0 fully saturated rings. The molecule has 20 aromatic carbocycles. The molecule has 0 saturated carbocycles. The van der Waals surface area contributed by atoms with Gasteiger partial charge in [-0.2, -0.15) is 0 Å². The van der Waals surface area contributed by atoms with Gasteiger partial charge in [-0.1, -0.05) is 285 Å². The summed E-state index contributed by atoms with van der Waals surface area (Å²) in [6.07, 6.45) is 0. The van der Waals surface area contributed by atoms with E-state index < -0.39 is 0 Å². The fourth-order valence-electron chi connectivity index (χ4n) is 22.1. The molecule has 0 unspecified atom stereocenters. The summed E-state index contributed by atoms with van der Waals surface area (Å²) in [5, 5.41) is 17.0. The minimum Gasteiger partial charge on any atom is -0.455 e. The van der Waals surface area contributed by atoms with Gasteiger partial charge < -0.3 is 31.4 Å². The van der Waals surface area contributed by atoms with Gasteiger partial charge in [0, 0.05) is 150 Å². The van der Waals surface area contributed by atoms with Gasteiger partial charge in [0.15, 0.2) is 34.2 Å². The zero-order valence-electron chi connectivity index (χ0n) is 78.4. The number of para-hydroxylation sites is 9. The molecule has 0 aliphatic carbocycles. The molecule has 0 radical (unpaired) electrons. The lowest BCUT2D eigenvalue weighted by Gasteiger charge is -2.09. The summed E-state index contributed by atoms with van der Waals surface area (Å²) in [5.41, 5.74) is 31.6. The second kappa shape index (κ2) is 33.7. The van der Waals surface area contributed by atoms with Gasteiger partial charge in [-0.15, -0.1) is 22.7 Å². The van der Waals surface area contributed by atoms with Crippen molar-refractivity contribution >= 4 is 217 Å². The highest BCUT2D eigenvalue weighted by Crippen LogP contribution is 2.50. The predicted molar refractivity (Wildman–Crippen MR) is 607 cm³/mol. The summed E-state index contributed by atoms with van der Waals surface area (Å²) in [6.45, 7) is 0. The standard InChI is InChI=1S/C46H27N3O2.C46H27N3OS.C40H23N3OS/c1-3-12-28(13-4-1)29-22-24-38-36(26-29)37-27-30(23-25-39(37)49(38)31-14-5-2-6-15-31)46-47-42-34-17-8-10-21-41(34)51-45(42)43(48-46)35-19-11-18-33-32-16-7-9-20-40(32)50-44(33)35;1-3-12-28(13-4-1)29-22-24-38-36(26-29)37-27-30(23-25-39(37)49(38)31-14-5-2-6-15-31)46-47-42-34-17-7-9-20-40(34)50-44(42)43(48-46)35-19-11-18-33-32-16-8-10-21-41(32)51-45(33)35;1-2-11-25(12-3-1)43-32-18-7-4-13-26(32)31-23-24(21-22-33(31)43)40-41-36-29-15-5-8-19-34(29)44-38(36)37(42-40)30-17-10-16-28-27-14-6-9-20-35(27)45-39(28)30/h2*1-27H;1-23H. The molecular formula is C132H77N9O4S2. The second-order valence-electron chi connectivity index (χ2n) is 37.3. The molecule has 12 heterocycles. The van der Waals surface area contributed by atoms with Crippen LogP contribution in [-0.4, -0.2) is 43.6 Å². The van der Waals surface area contributed by atoms with Crippen molar-refractivity contribution in [1.82, 2.24) is 43.6 Å². The van der Waals surface area contributed by atoms with E-state index in [9.17, 15) is 0 Å². The lowest BCUT2D eigenvalue weighted by atomic mass is 10.0. The molecule has 15 heteroatoms. The quantitative estimate of drug-likeness (QED) is 0.123. The normalized spacial score (nSPS) is 11.9. The maximum atomic E-state index is 6.56. The first-order chi connectivity index (χ1) is 72.9. The SMILES string of the molecule is c1ccc(-c2ccc3c(c2)c2cc(-c4nc(-c5cccc6c5oc5ccccc56)c5oc6ccccc6c5n4)ccc2n3-c2ccccc2)cc1.c1ccc(-c2ccc3c(c2)c2cc(-c4nc(-c5cccc6c5sc5ccccc56)c5oc6ccccc6c5n4)ccc2n3-c2ccccc2)cc1.c1ccc(-n2c3ccccc3c3cc(-c4nc(-c5cccc6c5sc5ccccc56)c5oc6ccccc6c5n4)ccc32)cc1. The minimum atomic E-state index is 0.624. The first-order valence-corrected chi connectivity index (χ1v) is 50.8. The smallest absolute Gasteiger partial charge is 0.180 e. The van der Waals surface area contributed by atoms with Crippen LogP contribution in [0.2, 0.25) is 0 Å². The summed E-state index contributed by atoms with van der Waals surface area (Å²) >= 11 is 3.60. The third-order valence-corrected chi connectivity index (χ3v) is 31.3. The van der Waals surface area contributed by atoms with Crippen molar-refractivity contribution < 1.29 is 17.7 Å². The molecule has 12 aromatic heterocycles. The van der Waals surface area contributed by atoms with Gasteiger partial charge in [-0.3, -0.25) is 0 Å². The van der Waals surface area contributed by atoms with E-state index in [0.29, 0.717) is 39.9 Å². The van der Waals surface area contributed by atoms with E-state index in [-0.39, 0.29) is 0 Å². The Morgan fingerprint density at radius 3 is 0.837 bits per heavy atom. The van der Waals surface area contributed by atoms with Crippen molar-refractivity contribution in [2.45, 2.75) is 0 Å². The number of aromatic nitrogens is 9. The molecule has 0 saturated heterocycles. The first-order valence-electron chi connectivity index (χ1n) is 49.2. The number of hydrogen-bond donors (Lipinski definition) is 0. The Bertz CT molecular complexity index is 10600. The molecule has 32 aromatic rings. The van der Waals surface area contributed by atoms with Crippen LogP contribution in [0.15, 0.2) is 485 Å². The van der Waals surface area contributed by atoms with Gasteiger partial charge in [-0.05, 0) is 204 Å². The molecule has 0 bridgehead atoms. The van der Waals surface area contributed by atoms with Crippen molar-refractivity contribution in [1.29, 1.82) is 0 Å². The lowest BCUT2D eigenvalue weighted by Crippen LogP contribution is -1.95. The molecule has 0 atom stereocenters. The Hall–Kier alpha value is -19.3. The Balaban J connectivity index is 0.000000102. The number of benzene rings is 20. The lowest BCUT2D eigenvalue weighted by molar-refractivity contribution is 0.663. The summed E-state index contributed by atoms with van der Waals surface area (Å²) in [5.74, 6) is 1.98. The Kier molecular flexibility index (Phi) is 19.1. The molecule has 32 rings (SSSR count). The van der Waals surface area contributed by atoms with E-state index in [0.717, 1.165) is 172 Å². The molecule has 0 spiro atoms. The van der Waals surface area contributed by atoms with Crippen LogP contribution in [0.4, 0.5) is 0 Å². The second-order valence-corrected chi connectivity index (χ2v) is 39.4. The number of fused-ring (bicyclic) bond motifs is 27. The number of rotatable bonds is 11. The van der Waals surface area contributed by atoms with Crippen LogP contribution in [-0.2, 0) is 0 Å². The first kappa shape index (κ1) is 83.5. The van der Waals surface area contributed by atoms with E-state index >= 15 is 0 Å². The van der Waals surface area contributed by atoms with Crippen molar-refractivity contribution in [3.8, 4) is 107 Å². The maximum absolute atomic E-state index is 6.56. The molecule has 0 amide bonds. The van der Waals surface area contributed by atoms with Gasteiger partial charge in [0.1, 0.15) is 61.5 Å². The molecule has 147 heavy (non-hydrogen) atoms. The van der Waals surface area contributed by atoms with Gasteiger partial charge in [0.2, 0.25) is 0 Å². The Morgan fingerprint density at radius 2 is 0.442 bits per heavy atom. The molecule has 0 N–H and O–H groups in total. The highest BCUT2D eigenvalue weighted by atomic mass is 32.1. The highest BCUT2D eigenvalue weighted by molar-refractivity contribution is 7.26. The van der Waals surface area contributed by atoms with Gasteiger partial charge in [-0.25, -0.2) is 29.9 Å². The average Bonchev–Trinajstić information content (AvgIpc) is 1.58. The molecular weight excluding hydrogens is 1840 g/mol. The van der Waals surface area contributed by atoms with Crippen LogP contribution >= 0.6 is 22.7 Å². The van der Waals surface area contributed by atoms with Crippen LogP contribution in [0.25, 0.3) is 301 Å². The maximum Gasteiger partial charge on any atom is 0.180 e. The van der Waals surface area contributed by atoms with Crippen LogP contribution in [0, 0.1) is 0 Å². The summed E-state index contributed by atoms with van der Waals surface area (Å²) in [4.78, 5) is 31.6. The van der Waals surface area contributed by atoms with Gasteiger partial charge >= 0.3 is 0 Å². The summed E-state index contributed by atoms with van der Waals surface area (Å²) < 4.78 is 38.0. The number of nitrogens with zero attached hydrogens (tertiary/aromatic N) is 9. The zero-order valence-corrected chi connectivity index (χ0v) is 80.1. The van der Waals surface area contributed by atoms with E-state index in [4.69, 9.17) is 47.6 Å². The van der Waals surface area contributed by atoms with Gasteiger partial charge in [0.05, 0.1) is 33.1 Å². The molecule has 13 nitrogen and oxygen atoms in total. The monoisotopic (exact) mass is 1920 g/mol. The highest BCUT2D eigenvalue weighted by Gasteiger charge is 2.29. The fourth-order valence-corrected chi connectivity index (χ4v) is 24.6. The predicted octanol–water partition coefficient (Wildman–Crippen LogP) is 36.4. The van der Waals surface area contributed by atoms with Crippen molar-refractivity contribution in [2.24, 2.45) is 0 Å². The van der Waals surface area contributed by atoms with Crippen LogP contribution in [0.3, 0.4) is 0 Å². The average molecular weight is 1920 g/mol. The van der Waals surface area contributed by atoms with E-state index in [2.05, 4.69) is 408 Å². The third kappa shape index (κ3) is 13.6. The largest absolute Gasteiger partial charge is 0.455 e. The molecule has 0 aliphatic heterocycles. The molecule has 686 valence electrons. The Morgan fingerprint density at radius 1 is 0.170 bits per heavy atom. The number of hydrogen-bond acceptors (Lipinski definition) is 12. The van der Waals surface area contributed by atoms with Crippen molar-refractivity contribution in [2.75, 3.05) is 0 Å². The fraction of sp³-hybridized carbons (Fsp3) is 0. The summed E-state index contributed by atoms with van der Waals surface area (Å²) in [7, 11) is 0. The van der Waals surface area contributed by atoms with Crippen molar-refractivity contribution in [3.63, 3.8) is 0 Å². The van der Waals surface area contributed by atoms with Crippen LogP contribution in [0.1, 0.15) is 0 Å². The minimum absolute atomic E-state index is 0.624.